The molecule has 0 unspecified atom stereocenters. The van der Waals surface area contributed by atoms with Crippen molar-refractivity contribution in [1.29, 1.82) is 0 Å². The van der Waals surface area contributed by atoms with E-state index in [2.05, 4.69) is 9.57 Å². The molecule has 0 fully saturated rings. The summed E-state index contributed by atoms with van der Waals surface area (Å²) in [6.45, 7) is -0.890. The van der Waals surface area contributed by atoms with Crippen molar-refractivity contribution in [3.63, 3.8) is 0 Å². The number of rotatable bonds is 5. The lowest BCUT2D eigenvalue weighted by Gasteiger charge is -1.99. The summed E-state index contributed by atoms with van der Waals surface area (Å²) < 4.78 is 3.98. The molecule has 0 bridgehead atoms. The molecule has 0 spiro atoms. The number of hydrogen-bond donors (Lipinski definition) is 1. The molecule has 1 N–H and O–H groups in total. The highest BCUT2D eigenvalue weighted by molar-refractivity contribution is 5.89. The van der Waals surface area contributed by atoms with E-state index in [0.717, 1.165) is 0 Å². The van der Waals surface area contributed by atoms with Crippen LogP contribution in [0.5, 0.6) is 0 Å². The van der Waals surface area contributed by atoms with Gasteiger partial charge in [0.25, 0.3) is 5.09 Å². The van der Waals surface area contributed by atoms with Crippen LogP contribution in [0.4, 0.5) is 0 Å². The van der Waals surface area contributed by atoms with Gasteiger partial charge in [0.15, 0.2) is 0 Å². The molecule has 0 heterocycles. The summed E-state index contributed by atoms with van der Waals surface area (Å²) >= 11 is 0. The monoisotopic (exact) mass is 179 g/mol. The van der Waals surface area contributed by atoms with Crippen LogP contribution in [0.15, 0.2) is 0 Å². The molecule has 8 nitrogen and oxygen atoms in total. The number of esters is 1. The fraction of sp³-hybridized carbons (Fsp3) is 0.500. The molecule has 0 aromatic rings. The Hall–Kier alpha value is -1.86. The largest absolute Gasteiger partial charge is 0.481 e. The van der Waals surface area contributed by atoms with Gasteiger partial charge >= 0.3 is 11.9 Å². The van der Waals surface area contributed by atoms with Gasteiger partial charge in [-0.2, -0.15) is 0 Å². The second-order valence-electron chi connectivity index (χ2n) is 1.56. The van der Waals surface area contributed by atoms with Crippen molar-refractivity contribution in [3.05, 3.63) is 10.1 Å². The summed E-state index contributed by atoms with van der Waals surface area (Å²) in [7, 11) is 0. The summed E-state index contributed by atoms with van der Waals surface area (Å²) in [5.41, 5.74) is 0. The van der Waals surface area contributed by atoms with Gasteiger partial charge in [0, 0.05) is 0 Å². The predicted octanol–water partition coefficient (Wildman–Crippen LogP) is -0.830. The summed E-state index contributed by atoms with van der Waals surface area (Å²) in [5.74, 6) is -2.47. The van der Waals surface area contributed by atoms with Crippen LogP contribution < -0.4 is 0 Å². The Morgan fingerprint density at radius 3 is 2.50 bits per heavy atom. The van der Waals surface area contributed by atoms with Crippen LogP contribution in [0.25, 0.3) is 0 Å². The first-order valence-electron chi connectivity index (χ1n) is 2.67. The van der Waals surface area contributed by atoms with E-state index in [9.17, 15) is 19.7 Å². The lowest BCUT2D eigenvalue weighted by Crippen LogP contribution is -2.14. The van der Waals surface area contributed by atoms with Gasteiger partial charge in [0.2, 0.25) is 6.79 Å². The fourth-order valence-electron chi connectivity index (χ4n) is 0.310. The zero-order valence-electron chi connectivity index (χ0n) is 5.76. The zero-order chi connectivity index (χ0) is 9.56. The minimum atomic E-state index is -1.37. The molecule has 0 aromatic carbocycles. The third-order valence-electron chi connectivity index (χ3n) is 0.674. The average molecular weight is 179 g/mol. The van der Waals surface area contributed by atoms with Gasteiger partial charge in [-0.15, -0.1) is 10.1 Å². The van der Waals surface area contributed by atoms with Crippen LogP contribution in [0.3, 0.4) is 0 Å². The number of carbonyl (C=O) groups is 2. The molecule has 0 rings (SSSR count). The Bertz CT molecular complexity index is 200. The molecule has 0 saturated heterocycles. The first kappa shape index (κ1) is 10.1. The van der Waals surface area contributed by atoms with Gasteiger partial charge in [-0.1, -0.05) is 0 Å². The number of carboxylic acid groups (broad SMARTS) is 1. The second kappa shape index (κ2) is 4.88. The maximum atomic E-state index is 10.3. The third-order valence-corrected chi connectivity index (χ3v) is 0.674. The summed E-state index contributed by atoms with van der Waals surface area (Å²) in [6, 6.07) is 0. The van der Waals surface area contributed by atoms with E-state index in [1.54, 1.807) is 0 Å². The molecule has 8 heteroatoms. The maximum Gasteiger partial charge on any atom is 0.319 e. The van der Waals surface area contributed by atoms with E-state index in [1.807, 2.05) is 0 Å². The number of hydrogen-bond acceptors (Lipinski definition) is 6. The van der Waals surface area contributed by atoms with Crippen LogP contribution in [0.2, 0.25) is 0 Å². The topological polar surface area (TPSA) is 116 Å². The van der Waals surface area contributed by atoms with E-state index in [1.165, 1.54) is 0 Å². The molecule has 0 saturated carbocycles. The molecule has 0 aliphatic rings. The molecular weight excluding hydrogens is 174 g/mol. The summed E-state index contributed by atoms with van der Waals surface area (Å²) in [6.07, 6.45) is -0.846. The highest BCUT2D eigenvalue weighted by atomic mass is 17.0. The van der Waals surface area contributed by atoms with Crippen molar-refractivity contribution in [2.75, 3.05) is 6.79 Å². The van der Waals surface area contributed by atoms with Gasteiger partial charge in [-0.25, -0.2) is 0 Å². The lowest BCUT2D eigenvalue weighted by atomic mass is 10.4. The predicted molar refractivity (Wildman–Crippen MR) is 31.3 cm³/mol. The van der Waals surface area contributed by atoms with Crippen LogP contribution in [0, 0.1) is 10.1 Å². The van der Waals surface area contributed by atoms with Crippen molar-refractivity contribution < 1.29 is 29.4 Å². The SMILES string of the molecule is O=C(O)CC(=O)OCO[N+](=O)[O-]. The minimum Gasteiger partial charge on any atom is -0.481 e. The highest BCUT2D eigenvalue weighted by Crippen LogP contribution is 1.86. The molecule has 0 amide bonds. The molecule has 12 heavy (non-hydrogen) atoms. The van der Waals surface area contributed by atoms with E-state index >= 15 is 0 Å². The molecule has 0 aliphatic heterocycles. The molecule has 0 aromatic heterocycles. The summed E-state index contributed by atoms with van der Waals surface area (Å²) in [5, 5.41) is 16.3. The van der Waals surface area contributed by atoms with Crippen LogP contribution in [0.1, 0.15) is 6.42 Å². The van der Waals surface area contributed by atoms with Gasteiger partial charge in [0.1, 0.15) is 6.42 Å². The fourth-order valence-corrected chi connectivity index (χ4v) is 0.310. The Kier molecular flexibility index (Phi) is 4.12. The smallest absolute Gasteiger partial charge is 0.319 e. The number of carboxylic acids is 1. The number of nitrogens with zero attached hydrogens (tertiary/aromatic N) is 1. The van der Waals surface area contributed by atoms with Crippen molar-refractivity contribution >= 4 is 11.9 Å². The molecule has 68 valence electrons. The maximum absolute atomic E-state index is 10.3. The standard InChI is InChI=1S/C4H5NO7/c6-3(7)1-4(8)11-2-12-5(9)10/h1-2H2,(H,6,7). The minimum absolute atomic E-state index is 0.846. The zero-order valence-corrected chi connectivity index (χ0v) is 5.76. The number of ether oxygens (including phenoxy) is 1. The Morgan fingerprint density at radius 1 is 1.50 bits per heavy atom. The molecule has 0 atom stereocenters. The second-order valence-corrected chi connectivity index (χ2v) is 1.56. The van der Waals surface area contributed by atoms with Crippen LogP contribution >= 0.6 is 0 Å². The van der Waals surface area contributed by atoms with Crippen molar-refractivity contribution in [2.45, 2.75) is 6.42 Å². The molecule has 0 aliphatic carbocycles. The number of carbonyl (C=O) groups excluding carboxylic acids is 1. The Labute approximate surface area is 65.8 Å². The quantitative estimate of drug-likeness (QED) is 0.192. The van der Waals surface area contributed by atoms with Crippen LogP contribution in [-0.4, -0.2) is 28.9 Å². The van der Waals surface area contributed by atoms with E-state index < -0.39 is 30.2 Å². The average Bonchev–Trinajstić information content (AvgIpc) is 1.84. The normalized spacial score (nSPS) is 8.67. The molecular formula is C4H5NO7. The Morgan fingerprint density at radius 2 is 2.08 bits per heavy atom. The highest BCUT2D eigenvalue weighted by Gasteiger charge is 2.08. The molecule has 0 radical (unpaired) electrons. The number of aliphatic carboxylic acids is 1. The van der Waals surface area contributed by atoms with Gasteiger partial charge < -0.3 is 9.84 Å². The van der Waals surface area contributed by atoms with Crippen LogP contribution in [-0.2, 0) is 19.2 Å². The van der Waals surface area contributed by atoms with E-state index in [-0.39, 0.29) is 0 Å². The first-order valence-corrected chi connectivity index (χ1v) is 2.67. The van der Waals surface area contributed by atoms with Crippen molar-refractivity contribution in [3.8, 4) is 0 Å². The van der Waals surface area contributed by atoms with E-state index in [0.29, 0.717) is 0 Å². The van der Waals surface area contributed by atoms with Gasteiger partial charge in [-0.3, -0.25) is 14.4 Å². The van der Waals surface area contributed by atoms with Crippen molar-refractivity contribution in [2.24, 2.45) is 0 Å². The summed E-state index contributed by atoms with van der Waals surface area (Å²) in [4.78, 5) is 33.2. The third kappa shape index (κ3) is 6.26. The van der Waals surface area contributed by atoms with E-state index in [4.69, 9.17) is 5.11 Å². The Balaban J connectivity index is 3.44. The van der Waals surface area contributed by atoms with Crippen molar-refractivity contribution in [1.82, 2.24) is 0 Å². The lowest BCUT2D eigenvalue weighted by molar-refractivity contribution is -0.765. The first-order chi connectivity index (χ1) is 5.52. The van der Waals surface area contributed by atoms with Gasteiger partial charge in [-0.05, 0) is 0 Å². The van der Waals surface area contributed by atoms with Gasteiger partial charge in [0.05, 0.1) is 0 Å².